The van der Waals surface area contributed by atoms with E-state index in [1.165, 1.54) is 34.2 Å². The quantitative estimate of drug-likeness (QED) is 0.375. The number of anilines is 1. The van der Waals surface area contributed by atoms with Crippen LogP contribution >= 0.6 is 43.2 Å². The van der Waals surface area contributed by atoms with Crippen LogP contribution in [-0.4, -0.2) is 20.6 Å². The number of aromatic nitrogens is 2. The molecule has 1 aromatic carbocycles. The normalized spacial score (nSPS) is 10.8. The highest BCUT2D eigenvalue weighted by Crippen LogP contribution is 2.32. The van der Waals surface area contributed by atoms with Gasteiger partial charge in [0.15, 0.2) is 0 Å². The minimum absolute atomic E-state index is 0.216. The van der Waals surface area contributed by atoms with Crippen molar-refractivity contribution in [2.24, 2.45) is 0 Å². The fraction of sp³-hybridized carbons (Fsp3) is 0.125. The molecule has 0 aliphatic rings. The van der Waals surface area contributed by atoms with Crippen molar-refractivity contribution in [3.63, 3.8) is 0 Å². The molecule has 1 N–H and O–H groups in total. The Morgan fingerprint density at radius 1 is 1.33 bits per heavy atom. The number of nitrogens with one attached hydrogen (secondary N) is 1. The van der Waals surface area contributed by atoms with Crippen LogP contribution in [0.4, 0.5) is 15.9 Å². The first-order valence-electron chi connectivity index (χ1n) is 7.46. The Bertz CT molecular complexity index is 1030. The van der Waals surface area contributed by atoms with Gasteiger partial charge in [-0.3, -0.25) is 4.79 Å². The lowest BCUT2D eigenvalue weighted by molar-refractivity contribution is -0.389. The lowest BCUT2D eigenvalue weighted by Gasteiger charge is -2.09. The van der Waals surface area contributed by atoms with Crippen LogP contribution in [0.1, 0.15) is 20.9 Å². The monoisotopic (exact) mass is 516 g/mol. The van der Waals surface area contributed by atoms with Gasteiger partial charge in [-0.15, -0.1) is 11.3 Å². The van der Waals surface area contributed by atoms with Gasteiger partial charge in [0, 0.05) is 8.95 Å². The molecule has 0 bridgehead atoms. The number of hydrogen-bond acceptors (Lipinski definition) is 5. The van der Waals surface area contributed by atoms with Crippen LogP contribution in [-0.2, 0) is 6.54 Å². The molecular formula is C16H11Br2FN4O3S. The molecular weight excluding hydrogens is 507 g/mol. The Labute approximate surface area is 173 Å². The number of nitro groups is 1. The second kappa shape index (κ2) is 7.87. The van der Waals surface area contributed by atoms with E-state index < -0.39 is 10.7 Å². The molecule has 0 atom stereocenters. The summed E-state index contributed by atoms with van der Waals surface area (Å²) in [4.78, 5) is 23.2. The predicted molar refractivity (Wildman–Crippen MR) is 107 cm³/mol. The number of rotatable bonds is 5. The fourth-order valence-corrected chi connectivity index (χ4v) is 4.46. The Balaban J connectivity index is 1.76. The molecule has 0 radical (unpaired) electrons. The zero-order chi connectivity index (χ0) is 19.7. The van der Waals surface area contributed by atoms with Crippen molar-refractivity contribution < 1.29 is 14.1 Å². The maximum atomic E-state index is 13.3. The molecule has 0 saturated carbocycles. The minimum atomic E-state index is -0.547. The van der Waals surface area contributed by atoms with E-state index in [0.29, 0.717) is 31.7 Å². The van der Waals surface area contributed by atoms with Gasteiger partial charge in [0.05, 0.1) is 34.0 Å². The highest BCUT2D eigenvalue weighted by Gasteiger charge is 2.18. The molecule has 0 unspecified atom stereocenters. The number of thiophene rings is 1. The first-order chi connectivity index (χ1) is 12.7. The van der Waals surface area contributed by atoms with Crippen LogP contribution in [0.2, 0.25) is 0 Å². The molecule has 3 aromatic rings. The van der Waals surface area contributed by atoms with E-state index in [1.807, 2.05) is 0 Å². The summed E-state index contributed by atoms with van der Waals surface area (Å²) in [6.07, 6.45) is 0. The minimum Gasteiger partial charge on any atom is -0.358 e. The first kappa shape index (κ1) is 19.6. The average molecular weight is 518 g/mol. The molecule has 7 nitrogen and oxygen atoms in total. The first-order valence-corrected chi connectivity index (χ1v) is 9.93. The number of aryl methyl sites for hydroxylation is 1. The van der Waals surface area contributed by atoms with Crippen LogP contribution in [0.5, 0.6) is 0 Å². The van der Waals surface area contributed by atoms with Crippen molar-refractivity contribution in [3.05, 3.63) is 70.7 Å². The highest BCUT2D eigenvalue weighted by atomic mass is 79.9. The summed E-state index contributed by atoms with van der Waals surface area (Å²) >= 11 is 7.68. The van der Waals surface area contributed by atoms with E-state index in [1.54, 1.807) is 18.4 Å². The second-order valence-electron chi connectivity index (χ2n) is 5.58. The van der Waals surface area contributed by atoms with Crippen molar-refractivity contribution >= 4 is 60.6 Å². The molecule has 27 heavy (non-hydrogen) atoms. The molecule has 3 rings (SSSR count). The van der Waals surface area contributed by atoms with Crippen molar-refractivity contribution in [1.29, 1.82) is 0 Å². The summed E-state index contributed by atoms with van der Waals surface area (Å²) in [6, 6.07) is 5.60. The number of carbonyl (C=O) groups is 1. The van der Waals surface area contributed by atoms with E-state index >= 15 is 0 Å². The summed E-state index contributed by atoms with van der Waals surface area (Å²) in [5, 5.41) is 19.3. The summed E-state index contributed by atoms with van der Waals surface area (Å²) in [5.41, 5.74) is 1.87. The van der Waals surface area contributed by atoms with Crippen LogP contribution in [0.25, 0.3) is 0 Å². The zero-order valence-corrected chi connectivity index (χ0v) is 17.7. The topological polar surface area (TPSA) is 90.1 Å². The molecule has 140 valence electrons. The third-order valence-electron chi connectivity index (χ3n) is 3.61. The van der Waals surface area contributed by atoms with Crippen molar-refractivity contribution in [1.82, 2.24) is 9.78 Å². The molecule has 0 aliphatic heterocycles. The van der Waals surface area contributed by atoms with Crippen molar-refractivity contribution in [2.45, 2.75) is 13.5 Å². The van der Waals surface area contributed by atoms with Gasteiger partial charge in [0.2, 0.25) is 0 Å². The van der Waals surface area contributed by atoms with Gasteiger partial charge >= 0.3 is 5.82 Å². The van der Waals surface area contributed by atoms with Crippen LogP contribution < -0.4 is 5.32 Å². The van der Waals surface area contributed by atoms with Gasteiger partial charge in [-0.1, -0.05) is 0 Å². The van der Waals surface area contributed by atoms with Gasteiger partial charge in [0.1, 0.15) is 5.82 Å². The third kappa shape index (κ3) is 4.42. The van der Waals surface area contributed by atoms with E-state index in [-0.39, 0.29) is 11.7 Å². The Morgan fingerprint density at radius 2 is 2.00 bits per heavy atom. The van der Waals surface area contributed by atoms with E-state index in [9.17, 15) is 19.3 Å². The van der Waals surface area contributed by atoms with Crippen molar-refractivity contribution in [2.75, 3.05) is 5.32 Å². The van der Waals surface area contributed by atoms with E-state index in [2.05, 4.69) is 42.3 Å². The smallest absolute Gasteiger partial charge is 0.358 e. The average Bonchev–Trinajstić information content (AvgIpc) is 3.18. The van der Waals surface area contributed by atoms with E-state index in [0.717, 1.165) is 5.56 Å². The predicted octanol–water partition coefficient (Wildman–Crippen LogP) is 5.13. The standard InChI is InChI=1S/C16H11Br2FN4O3S/c1-8-2-14(23(25)26)21-22(8)6-9-3-13(27-7-9)16(24)20-15-11(17)4-10(19)5-12(15)18/h2-5,7H,6H2,1H3,(H,20,24). The largest absolute Gasteiger partial charge is 0.390 e. The summed E-state index contributed by atoms with van der Waals surface area (Å²) in [5.74, 6) is -0.997. The van der Waals surface area contributed by atoms with Gasteiger partial charge in [0.25, 0.3) is 5.91 Å². The summed E-state index contributed by atoms with van der Waals surface area (Å²) in [6.45, 7) is 2.04. The lowest BCUT2D eigenvalue weighted by Crippen LogP contribution is -2.11. The second-order valence-corrected chi connectivity index (χ2v) is 8.20. The highest BCUT2D eigenvalue weighted by molar-refractivity contribution is 9.11. The Kier molecular flexibility index (Phi) is 5.72. The molecule has 2 heterocycles. The number of halogens is 3. The third-order valence-corrected chi connectivity index (χ3v) is 5.84. The Hall–Kier alpha value is -2.11. The van der Waals surface area contributed by atoms with Gasteiger partial charge in [-0.2, -0.15) is 4.68 Å². The van der Waals surface area contributed by atoms with Crippen LogP contribution in [0.3, 0.4) is 0 Å². The maximum absolute atomic E-state index is 13.3. The van der Waals surface area contributed by atoms with Gasteiger partial charge in [-0.25, -0.2) is 4.39 Å². The SMILES string of the molecule is Cc1cc([N+](=O)[O-])nn1Cc1csc(C(=O)Nc2c(Br)cc(F)cc2Br)c1. The fourth-order valence-electron chi connectivity index (χ4n) is 2.33. The summed E-state index contributed by atoms with van der Waals surface area (Å²) in [7, 11) is 0. The molecule has 0 fully saturated rings. The number of nitrogens with zero attached hydrogens (tertiary/aromatic N) is 3. The Morgan fingerprint density at radius 3 is 2.59 bits per heavy atom. The lowest BCUT2D eigenvalue weighted by atomic mass is 10.2. The summed E-state index contributed by atoms with van der Waals surface area (Å²) < 4.78 is 15.7. The molecule has 0 spiro atoms. The molecule has 0 aliphatic carbocycles. The molecule has 1 amide bonds. The zero-order valence-electron chi connectivity index (χ0n) is 13.7. The number of hydrogen-bond donors (Lipinski definition) is 1. The number of amides is 1. The van der Waals surface area contributed by atoms with Gasteiger partial charge in [-0.05, 0) is 72.8 Å². The van der Waals surface area contributed by atoms with Crippen LogP contribution in [0.15, 0.2) is 38.6 Å². The van der Waals surface area contributed by atoms with Crippen LogP contribution in [0, 0.1) is 22.9 Å². The number of benzene rings is 1. The number of carbonyl (C=O) groups excluding carboxylic acids is 1. The van der Waals surface area contributed by atoms with E-state index in [4.69, 9.17) is 0 Å². The maximum Gasteiger partial charge on any atom is 0.390 e. The molecule has 0 saturated heterocycles. The van der Waals surface area contributed by atoms with Gasteiger partial charge < -0.3 is 15.4 Å². The van der Waals surface area contributed by atoms with Crippen molar-refractivity contribution in [3.8, 4) is 0 Å². The molecule has 2 aromatic heterocycles. The molecule has 11 heteroatoms.